The highest BCUT2D eigenvalue weighted by Crippen LogP contribution is 2.30. The van der Waals surface area contributed by atoms with Gasteiger partial charge in [0.15, 0.2) is 0 Å². The molecule has 0 fully saturated rings. The Morgan fingerprint density at radius 3 is 2.72 bits per heavy atom. The number of halogens is 1. The van der Waals surface area contributed by atoms with E-state index in [4.69, 9.17) is 5.73 Å². The number of hydrogen-bond acceptors (Lipinski definition) is 3. The molecule has 0 aliphatic rings. The van der Waals surface area contributed by atoms with Crippen LogP contribution in [-0.2, 0) is 7.05 Å². The largest absolute Gasteiger partial charge is 0.369 e. The standard InChI is InChI=1S/C11H10BrN5O/c1-17-9(12)8(16-10(17)13)5-2-3-6-7(4-5)15-11(18)14-6/h2-4H,1H3,(H2,13,16)(H2,14,15,18). The molecule has 2 heterocycles. The van der Waals surface area contributed by atoms with E-state index in [1.54, 1.807) is 4.57 Å². The molecule has 7 heteroatoms. The van der Waals surface area contributed by atoms with E-state index in [0.717, 1.165) is 26.9 Å². The first-order chi connectivity index (χ1) is 8.56. The number of nitrogens with one attached hydrogen (secondary N) is 2. The summed E-state index contributed by atoms with van der Waals surface area (Å²) < 4.78 is 2.55. The van der Waals surface area contributed by atoms with Crippen LogP contribution < -0.4 is 11.4 Å². The number of imidazole rings is 2. The number of nitrogen functional groups attached to an aromatic ring is 1. The van der Waals surface area contributed by atoms with Crippen molar-refractivity contribution >= 4 is 32.9 Å². The molecule has 0 saturated heterocycles. The van der Waals surface area contributed by atoms with Crippen molar-refractivity contribution in [3.8, 4) is 11.3 Å². The zero-order valence-electron chi connectivity index (χ0n) is 9.49. The number of H-pyrrole nitrogens is 2. The molecular weight excluding hydrogens is 298 g/mol. The monoisotopic (exact) mass is 307 g/mol. The van der Waals surface area contributed by atoms with Gasteiger partial charge in [-0.1, -0.05) is 6.07 Å². The van der Waals surface area contributed by atoms with Crippen molar-refractivity contribution < 1.29 is 0 Å². The Morgan fingerprint density at radius 1 is 1.33 bits per heavy atom. The van der Waals surface area contributed by atoms with E-state index in [1.807, 2.05) is 25.2 Å². The van der Waals surface area contributed by atoms with Gasteiger partial charge in [-0.15, -0.1) is 0 Å². The minimum Gasteiger partial charge on any atom is -0.369 e. The number of nitrogens with zero attached hydrogens (tertiary/aromatic N) is 2. The fraction of sp³-hybridized carbons (Fsp3) is 0.0909. The lowest BCUT2D eigenvalue weighted by Crippen LogP contribution is -1.99. The van der Waals surface area contributed by atoms with Crippen molar-refractivity contribution in [1.82, 2.24) is 19.5 Å². The summed E-state index contributed by atoms with van der Waals surface area (Å²) in [5.41, 5.74) is 8.68. The number of fused-ring (bicyclic) bond motifs is 1. The van der Waals surface area contributed by atoms with Crippen molar-refractivity contribution in [2.24, 2.45) is 7.05 Å². The number of benzene rings is 1. The highest BCUT2D eigenvalue weighted by Gasteiger charge is 2.13. The number of aromatic nitrogens is 4. The summed E-state index contributed by atoms with van der Waals surface area (Å²) in [6.45, 7) is 0. The van der Waals surface area contributed by atoms with Crippen LogP contribution in [0.1, 0.15) is 0 Å². The molecule has 0 aliphatic carbocycles. The summed E-state index contributed by atoms with van der Waals surface area (Å²) >= 11 is 3.45. The molecule has 0 bridgehead atoms. The van der Waals surface area contributed by atoms with Gasteiger partial charge in [-0.2, -0.15) is 0 Å². The minimum atomic E-state index is -0.221. The Kier molecular flexibility index (Phi) is 2.30. The molecule has 0 saturated carbocycles. The molecule has 3 rings (SSSR count). The van der Waals surface area contributed by atoms with Crippen LogP contribution in [0.15, 0.2) is 27.6 Å². The van der Waals surface area contributed by atoms with Crippen molar-refractivity contribution in [3.63, 3.8) is 0 Å². The molecular formula is C11H10BrN5O. The van der Waals surface area contributed by atoms with Gasteiger partial charge >= 0.3 is 5.69 Å². The quantitative estimate of drug-likeness (QED) is 0.637. The molecule has 92 valence electrons. The van der Waals surface area contributed by atoms with E-state index in [2.05, 4.69) is 30.9 Å². The van der Waals surface area contributed by atoms with Crippen LogP contribution in [-0.4, -0.2) is 19.5 Å². The molecule has 4 N–H and O–H groups in total. The Balaban J connectivity index is 2.24. The Labute approximate surface area is 110 Å². The maximum Gasteiger partial charge on any atom is 0.323 e. The van der Waals surface area contributed by atoms with Crippen LogP contribution in [0.4, 0.5) is 5.95 Å². The third-order valence-electron chi connectivity index (χ3n) is 2.85. The predicted octanol–water partition coefficient (Wildman–Crippen LogP) is 1.60. The highest BCUT2D eigenvalue weighted by atomic mass is 79.9. The van der Waals surface area contributed by atoms with E-state index in [9.17, 15) is 4.79 Å². The first-order valence-electron chi connectivity index (χ1n) is 5.26. The lowest BCUT2D eigenvalue weighted by atomic mass is 10.1. The van der Waals surface area contributed by atoms with Gasteiger partial charge in [-0.3, -0.25) is 0 Å². The summed E-state index contributed by atoms with van der Waals surface area (Å²) in [5.74, 6) is 0.430. The van der Waals surface area contributed by atoms with E-state index in [-0.39, 0.29) is 5.69 Å². The molecule has 1 aromatic carbocycles. The molecule has 0 radical (unpaired) electrons. The average molecular weight is 308 g/mol. The van der Waals surface area contributed by atoms with Gasteiger partial charge in [-0.25, -0.2) is 9.78 Å². The maximum absolute atomic E-state index is 11.2. The summed E-state index contributed by atoms with van der Waals surface area (Å²) in [6, 6.07) is 5.58. The van der Waals surface area contributed by atoms with E-state index in [0.29, 0.717) is 5.95 Å². The lowest BCUT2D eigenvalue weighted by molar-refractivity contribution is 0.907. The Morgan fingerprint density at radius 2 is 2.06 bits per heavy atom. The van der Waals surface area contributed by atoms with E-state index >= 15 is 0 Å². The first kappa shape index (κ1) is 11.1. The number of rotatable bonds is 1. The predicted molar refractivity (Wildman–Crippen MR) is 73.2 cm³/mol. The van der Waals surface area contributed by atoms with Crippen molar-refractivity contribution in [3.05, 3.63) is 33.3 Å². The molecule has 0 atom stereocenters. The molecule has 0 unspecified atom stereocenters. The van der Waals surface area contributed by atoms with Crippen LogP contribution in [0, 0.1) is 0 Å². The smallest absolute Gasteiger partial charge is 0.323 e. The average Bonchev–Trinajstić information content (AvgIpc) is 2.82. The zero-order chi connectivity index (χ0) is 12.9. The number of nitrogens with two attached hydrogens (primary N) is 1. The number of hydrogen-bond donors (Lipinski definition) is 3. The second-order valence-corrected chi connectivity index (χ2v) is 4.76. The number of anilines is 1. The van der Waals surface area contributed by atoms with Crippen LogP contribution in [0.2, 0.25) is 0 Å². The van der Waals surface area contributed by atoms with Gasteiger partial charge in [0.2, 0.25) is 5.95 Å². The fourth-order valence-electron chi connectivity index (χ4n) is 1.86. The van der Waals surface area contributed by atoms with E-state index in [1.165, 1.54) is 0 Å². The van der Waals surface area contributed by atoms with Crippen LogP contribution in [0.25, 0.3) is 22.3 Å². The minimum absolute atomic E-state index is 0.221. The van der Waals surface area contributed by atoms with Crippen molar-refractivity contribution in [2.75, 3.05) is 5.73 Å². The molecule has 3 aromatic rings. The summed E-state index contributed by atoms with van der Waals surface area (Å²) in [4.78, 5) is 20.9. The Bertz CT molecular complexity index is 797. The second-order valence-electron chi connectivity index (χ2n) is 4.01. The molecule has 18 heavy (non-hydrogen) atoms. The van der Waals surface area contributed by atoms with Crippen LogP contribution >= 0.6 is 15.9 Å². The molecule has 0 amide bonds. The maximum atomic E-state index is 11.2. The van der Waals surface area contributed by atoms with Gasteiger partial charge in [0, 0.05) is 12.6 Å². The normalized spacial score (nSPS) is 11.2. The fourth-order valence-corrected chi connectivity index (χ4v) is 2.36. The Hall–Kier alpha value is -2.02. The zero-order valence-corrected chi connectivity index (χ0v) is 11.1. The van der Waals surface area contributed by atoms with Gasteiger partial charge in [0.25, 0.3) is 0 Å². The summed E-state index contributed by atoms with van der Waals surface area (Å²) in [5, 5.41) is 0. The third-order valence-corrected chi connectivity index (χ3v) is 3.76. The second kappa shape index (κ2) is 3.74. The van der Waals surface area contributed by atoms with Crippen molar-refractivity contribution in [2.45, 2.75) is 0 Å². The van der Waals surface area contributed by atoms with E-state index < -0.39 is 0 Å². The van der Waals surface area contributed by atoms with Crippen LogP contribution in [0.3, 0.4) is 0 Å². The number of aromatic amines is 2. The van der Waals surface area contributed by atoms with Gasteiger partial charge in [0.05, 0.1) is 11.0 Å². The van der Waals surface area contributed by atoms with Crippen molar-refractivity contribution in [1.29, 1.82) is 0 Å². The summed E-state index contributed by atoms with van der Waals surface area (Å²) in [7, 11) is 1.83. The van der Waals surface area contributed by atoms with Crippen LogP contribution in [0.5, 0.6) is 0 Å². The van der Waals surface area contributed by atoms with Gasteiger partial charge in [-0.05, 0) is 28.1 Å². The highest BCUT2D eigenvalue weighted by molar-refractivity contribution is 9.10. The molecule has 2 aromatic heterocycles. The topological polar surface area (TPSA) is 92.5 Å². The molecule has 0 spiro atoms. The summed E-state index contributed by atoms with van der Waals surface area (Å²) in [6.07, 6.45) is 0. The molecule has 0 aliphatic heterocycles. The molecule has 6 nitrogen and oxygen atoms in total. The van der Waals surface area contributed by atoms with Gasteiger partial charge in [0.1, 0.15) is 10.3 Å². The SMILES string of the molecule is Cn1c(N)nc(-c2ccc3[nH]c(=O)[nH]c3c2)c1Br. The lowest BCUT2D eigenvalue weighted by Gasteiger charge is -1.99. The third kappa shape index (κ3) is 1.55. The first-order valence-corrected chi connectivity index (χ1v) is 6.05. The van der Waals surface area contributed by atoms with Gasteiger partial charge < -0.3 is 20.3 Å².